The molecule has 0 radical (unpaired) electrons. The molecule has 0 heterocycles. The van der Waals surface area contributed by atoms with Gasteiger partial charge in [0.25, 0.3) is 0 Å². The van der Waals surface area contributed by atoms with Crippen LogP contribution in [0.3, 0.4) is 0 Å². The fourth-order valence-electron chi connectivity index (χ4n) is 2.98. The summed E-state index contributed by atoms with van der Waals surface area (Å²) in [7, 11) is 0. The molecule has 118 valence electrons. The van der Waals surface area contributed by atoms with Crippen molar-refractivity contribution >= 4 is 0 Å². The van der Waals surface area contributed by atoms with Gasteiger partial charge in [0.05, 0.1) is 6.10 Å². The Hall–Kier alpha value is -1.02. The molecule has 0 amide bonds. The summed E-state index contributed by atoms with van der Waals surface area (Å²) in [5, 5.41) is 3.49. The molecule has 2 rings (SSSR count). The molecule has 1 unspecified atom stereocenters. The highest BCUT2D eigenvalue weighted by Gasteiger charge is 2.11. The predicted molar refractivity (Wildman–Crippen MR) is 90.1 cm³/mol. The van der Waals surface area contributed by atoms with Crippen molar-refractivity contribution in [3.63, 3.8) is 0 Å². The summed E-state index contributed by atoms with van der Waals surface area (Å²) in [6.07, 6.45) is 7.72. The predicted octanol–water partition coefficient (Wildman–Crippen LogP) is 4.36. The Morgan fingerprint density at radius 3 is 2.62 bits per heavy atom. The summed E-state index contributed by atoms with van der Waals surface area (Å²) in [6, 6.07) is 6.68. The van der Waals surface area contributed by atoms with Gasteiger partial charge in [0, 0.05) is 0 Å². The van der Waals surface area contributed by atoms with Gasteiger partial charge in [-0.3, -0.25) is 0 Å². The summed E-state index contributed by atoms with van der Waals surface area (Å²) in [6.45, 7) is 8.88. The van der Waals surface area contributed by atoms with Crippen LogP contribution in [0, 0.1) is 5.92 Å². The zero-order valence-corrected chi connectivity index (χ0v) is 14.0. The first-order valence-electron chi connectivity index (χ1n) is 8.64. The Morgan fingerprint density at radius 2 is 1.86 bits per heavy atom. The van der Waals surface area contributed by atoms with Crippen molar-refractivity contribution in [2.24, 2.45) is 5.92 Å². The number of fused-ring (bicyclic) bond motifs is 1. The number of nitrogens with one attached hydrogen (secondary N) is 1. The van der Waals surface area contributed by atoms with E-state index in [1.165, 1.54) is 43.2 Å². The maximum Gasteiger partial charge on any atom is 0.119 e. The Morgan fingerprint density at radius 1 is 1.10 bits per heavy atom. The van der Waals surface area contributed by atoms with Crippen molar-refractivity contribution in [3.8, 4) is 5.75 Å². The molecule has 1 aromatic carbocycles. The molecule has 1 aliphatic carbocycles. The molecule has 0 saturated heterocycles. The zero-order chi connectivity index (χ0) is 15.1. The van der Waals surface area contributed by atoms with Crippen LogP contribution >= 0.6 is 0 Å². The third kappa shape index (κ3) is 5.70. The molecule has 2 nitrogen and oxygen atoms in total. The van der Waals surface area contributed by atoms with Crippen LogP contribution in [0.15, 0.2) is 18.2 Å². The number of hydrogen-bond donors (Lipinski definition) is 1. The van der Waals surface area contributed by atoms with Gasteiger partial charge in [-0.1, -0.05) is 19.9 Å². The van der Waals surface area contributed by atoms with Crippen LogP contribution in [0.2, 0.25) is 0 Å². The normalized spacial score (nSPS) is 15.8. The zero-order valence-electron chi connectivity index (χ0n) is 14.0. The van der Waals surface area contributed by atoms with E-state index in [1.807, 2.05) is 0 Å². The van der Waals surface area contributed by atoms with Gasteiger partial charge in [-0.25, -0.2) is 0 Å². The summed E-state index contributed by atoms with van der Waals surface area (Å²) in [5.74, 6) is 1.78. The SMILES string of the molecule is CC(C)CNCCCC(C)Oc1ccc2c(c1)CCCC2. The molecule has 0 spiro atoms. The van der Waals surface area contributed by atoms with E-state index < -0.39 is 0 Å². The topological polar surface area (TPSA) is 21.3 Å². The first kappa shape index (κ1) is 16.4. The summed E-state index contributed by atoms with van der Waals surface area (Å²) in [5.41, 5.74) is 3.03. The third-order valence-electron chi connectivity index (χ3n) is 4.17. The molecular formula is C19H31NO. The van der Waals surface area contributed by atoms with E-state index in [4.69, 9.17) is 4.74 Å². The highest BCUT2D eigenvalue weighted by Crippen LogP contribution is 2.26. The van der Waals surface area contributed by atoms with E-state index in [9.17, 15) is 0 Å². The molecule has 1 aromatic rings. The Bertz CT molecular complexity index is 428. The lowest BCUT2D eigenvalue weighted by atomic mass is 9.92. The molecule has 0 fully saturated rings. The van der Waals surface area contributed by atoms with Crippen LogP contribution in [0.4, 0.5) is 0 Å². The van der Waals surface area contributed by atoms with Gasteiger partial charge in [-0.15, -0.1) is 0 Å². The number of benzene rings is 1. The lowest BCUT2D eigenvalue weighted by molar-refractivity contribution is 0.207. The molecule has 1 aliphatic rings. The highest BCUT2D eigenvalue weighted by atomic mass is 16.5. The fraction of sp³-hybridized carbons (Fsp3) is 0.684. The standard InChI is InChI=1S/C19H31NO/c1-15(2)14-20-12-6-7-16(3)21-19-11-10-17-8-4-5-9-18(17)13-19/h10-11,13,15-16,20H,4-9,12,14H2,1-3H3. The van der Waals surface area contributed by atoms with Crippen molar-refractivity contribution in [2.45, 2.75) is 65.4 Å². The maximum absolute atomic E-state index is 6.08. The minimum absolute atomic E-state index is 0.299. The van der Waals surface area contributed by atoms with Gasteiger partial charge < -0.3 is 10.1 Å². The van der Waals surface area contributed by atoms with Gasteiger partial charge in [-0.05, 0) is 87.7 Å². The Kier molecular flexibility index (Phi) is 6.56. The van der Waals surface area contributed by atoms with Crippen molar-refractivity contribution in [1.29, 1.82) is 0 Å². The quantitative estimate of drug-likeness (QED) is 0.718. The van der Waals surface area contributed by atoms with Gasteiger partial charge in [-0.2, -0.15) is 0 Å². The van der Waals surface area contributed by atoms with Gasteiger partial charge >= 0.3 is 0 Å². The van der Waals surface area contributed by atoms with Gasteiger partial charge in [0.15, 0.2) is 0 Å². The lowest BCUT2D eigenvalue weighted by Gasteiger charge is -2.19. The number of rotatable bonds is 8. The van der Waals surface area contributed by atoms with E-state index in [1.54, 1.807) is 0 Å². The van der Waals surface area contributed by atoms with E-state index in [0.29, 0.717) is 6.10 Å². The van der Waals surface area contributed by atoms with E-state index in [-0.39, 0.29) is 0 Å². The van der Waals surface area contributed by atoms with Crippen molar-refractivity contribution < 1.29 is 4.74 Å². The van der Waals surface area contributed by atoms with Crippen LogP contribution in [-0.2, 0) is 12.8 Å². The molecule has 0 bridgehead atoms. The summed E-state index contributed by atoms with van der Waals surface area (Å²) < 4.78 is 6.08. The number of ether oxygens (including phenoxy) is 1. The summed E-state index contributed by atoms with van der Waals surface area (Å²) >= 11 is 0. The fourth-order valence-corrected chi connectivity index (χ4v) is 2.98. The Balaban J connectivity index is 1.71. The highest BCUT2D eigenvalue weighted by molar-refractivity contribution is 5.37. The second kappa shape index (κ2) is 8.43. The van der Waals surface area contributed by atoms with E-state index in [2.05, 4.69) is 44.3 Å². The average Bonchev–Trinajstić information content (AvgIpc) is 2.46. The molecule has 0 saturated carbocycles. The maximum atomic E-state index is 6.08. The van der Waals surface area contributed by atoms with Crippen LogP contribution < -0.4 is 10.1 Å². The molecule has 1 atom stereocenters. The first-order valence-corrected chi connectivity index (χ1v) is 8.64. The molecular weight excluding hydrogens is 258 g/mol. The number of aryl methyl sites for hydroxylation is 2. The molecule has 0 aromatic heterocycles. The van der Waals surface area contributed by atoms with Gasteiger partial charge in [0.1, 0.15) is 5.75 Å². The molecule has 2 heteroatoms. The second-order valence-electron chi connectivity index (χ2n) is 6.81. The second-order valence-corrected chi connectivity index (χ2v) is 6.81. The molecule has 21 heavy (non-hydrogen) atoms. The van der Waals surface area contributed by atoms with Crippen molar-refractivity contribution in [2.75, 3.05) is 13.1 Å². The monoisotopic (exact) mass is 289 g/mol. The van der Waals surface area contributed by atoms with Crippen molar-refractivity contribution in [1.82, 2.24) is 5.32 Å². The van der Waals surface area contributed by atoms with Crippen LogP contribution in [0.1, 0.15) is 57.6 Å². The van der Waals surface area contributed by atoms with Crippen molar-refractivity contribution in [3.05, 3.63) is 29.3 Å². The van der Waals surface area contributed by atoms with Gasteiger partial charge in [0.2, 0.25) is 0 Å². The minimum Gasteiger partial charge on any atom is -0.491 e. The van der Waals surface area contributed by atoms with E-state index >= 15 is 0 Å². The van der Waals surface area contributed by atoms with E-state index in [0.717, 1.165) is 31.2 Å². The lowest BCUT2D eigenvalue weighted by Crippen LogP contribution is -2.22. The summed E-state index contributed by atoms with van der Waals surface area (Å²) in [4.78, 5) is 0. The first-order chi connectivity index (χ1) is 10.1. The van der Waals surface area contributed by atoms with Crippen LogP contribution in [0.25, 0.3) is 0 Å². The molecule has 1 N–H and O–H groups in total. The number of hydrogen-bond acceptors (Lipinski definition) is 2. The van der Waals surface area contributed by atoms with Crippen LogP contribution in [-0.4, -0.2) is 19.2 Å². The minimum atomic E-state index is 0.299. The van der Waals surface area contributed by atoms with Crippen LogP contribution in [0.5, 0.6) is 5.75 Å². The molecule has 0 aliphatic heterocycles. The largest absolute Gasteiger partial charge is 0.491 e. The Labute approximate surface area is 130 Å². The average molecular weight is 289 g/mol. The third-order valence-corrected chi connectivity index (χ3v) is 4.17. The smallest absolute Gasteiger partial charge is 0.119 e.